The molecule has 0 saturated carbocycles. The van der Waals surface area contributed by atoms with E-state index < -0.39 is 10.0 Å². The van der Waals surface area contributed by atoms with Crippen LogP contribution in [0.15, 0.2) is 0 Å². The molecule has 0 aromatic heterocycles. The molecule has 0 radical (unpaired) electrons. The smallest absolute Gasteiger partial charge is 0.211 e. The summed E-state index contributed by atoms with van der Waals surface area (Å²) in [5, 5.41) is 0. The van der Waals surface area contributed by atoms with Crippen molar-refractivity contribution in [2.75, 3.05) is 6.26 Å². The summed E-state index contributed by atoms with van der Waals surface area (Å²) >= 11 is 0. The van der Waals surface area contributed by atoms with Gasteiger partial charge in [-0.2, -0.15) is 4.31 Å². The molecule has 0 aliphatic carbocycles. The molecule has 2 saturated heterocycles. The van der Waals surface area contributed by atoms with Crippen LogP contribution in [0.3, 0.4) is 0 Å². The van der Waals surface area contributed by atoms with E-state index in [0.29, 0.717) is 0 Å². The summed E-state index contributed by atoms with van der Waals surface area (Å²) in [5.74, 6) is 0. The Labute approximate surface area is 91.3 Å². The second-order valence-corrected chi connectivity index (χ2v) is 6.10. The fraction of sp³-hybridized carbons (Fsp3) is 1.00. The third-order valence-electron chi connectivity index (χ3n) is 3.09. The maximum Gasteiger partial charge on any atom is 0.211 e. The van der Waals surface area contributed by atoms with Crippen molar-refractivity contribution < 1.29 is 8.42 Å². The highest BCUT2D eigenvalue weighted by Gasteiger charge is 2.44. The predicted molar refractivity (Wildman–Crippen MR) is 58.0 cm³/mol. The number of fused-ring (bicyclic) bond motifs is 2. The first kappa shape index (κ1) is 12.2. The zero-order valence-electron chi connectivity index (χ0n) is 8.22. The van der Waals surface area contributed by atoms with Crippen LogP contribution in [0, 0.1) is 0 Å². The number of sulfonamides is 1. The van der Waals surface area contributed by atoms with Crippen LogP contribution in [0.25, 0.3) is 0 Å². The van der Waals surface area contributed by atoms with Gasteiger partial charge in [0, 0.05) is 18.1 Å². The molecule has 0 aromatic rings. The number of halogens is 1. The van der Waals surface area contributed by atoms with E-state index in [0.717, 1.165) is 25.7 Å². The van der Waals surface area contributed by atoms with E-state index in [1.54, 1.807) is 4.31 Å². The van der Waals surface area contributed by atoms with Crippen molar-refractivity contribution in [3.05, 3.63) is 0 Å². The van der Waals surface area contributed by atoms with Gasteiger partial charge in [0.15, 0.2) is 0 Å². The molecule has 2 bridgehead atoms. The molecule has 2 aliphatic heterocycles. The van der Waals surface area contributed by atoms with E-state index in [1.807, 2.05) is 0 Å². The lowest BCUT2D eigenvalue weighted by atomic mass is 10.0. The van der Waals surface area contributed by atoms with E-state index in [2.05, 4.69) is 0 Å². The van der Waals surface area contributed by atoms with Crippen molar-refractivity contribution >= 4 is 22.4 Å². The molecule has 0 aromatic carbocycles. The Morgan fingerprint density at radius 1 is 1.21 bits per heavy atom. The topological polar surface area (TPSA) is 63.4 Å². The number of rotatable bonds is 1. The fourth-order valence-electron chi connectivity index (χ4n) is 2.72. The minimum atomic E-state index is -3.01. The minimum absolute atomic E-state index is 0. The zero-order chi connectivity index (χ0) is 9.64. The molecule has 2 N–H and O–H groups in total. The van der Waals surface area contributed by atoms with E-state index in [1.165, 1.54) is 6.26 Å². The van der Waals surface area contributed by atoms with Gasteiger partial charge in [0.2, 0.25) is 10.0 Å². The quantitative estimate of drug-likeness (QED) is 0.718. The van der Waals surface area contributed by atoms with Gasteiger partial charge >= 0.3 is 0 Å². The van der Waals surface area contributed by atoms with Crippen LogP contribution in [0.5, 0.6) is 0 Å². The lowest BCUT2D eigenvalue weighted by Crippen LogP contribution is -2.49. The molecule has 2 fully saturated rings. The standard InChI is InChI=1S/C8H16N2O2S.ClH/c1-13(11,12)10-7-2-3-8(10)5-6(9)4-7;/h6-8H,2-5,9H2,1H3;1H. The Kier molecular flexibility index (Phi) is 3.46. The van der Waals surface area contributed by atoms with Crippen LogP contribution >= 0.6 is 12.4 Å². The number of hydrogen-bond donors (Lipinski definition) is 1. The normalized spacial score (nSPS) is 38.0. The van der Waals surface area contributed by atoms with E-state index >= 15 is 0 Å². The van der Waals surface area contributed by atoms with E-state index in [-0.39, 0.29) is 30.5 Å². The van der Waals surface area contributed by atoms with Crippen molar-refractivity contribution in [1.82, 2.24) is 4.31 Å². The Hall–Kier alpha value is 0.160. The van der Waals surface area contributed by atoms with Gasteiger partial charge in [-0.05, 0) is 25.7 Å². The molecule has 2 unspecified atom stereocenters. The first-order valence-electron chi connectivity index (χ1n) is 4.72. The van der Waals surface area contributed by atoms with Crippen molar-refractivity contribution in [1.29, 1.82) is 0 Å². The van der Waals surface area contributed by atoms with E-state index in [9.17, 15) is 8.42 Å². The summed E-state index contributed by atoms with van der Waals surface area (Å²) in [4.78, 5) is 0. The predicted octanol–water partition coefficient (Wildman–Crippen LogP) is 0.322. The van der Waals surface area contributed by atoms with Crippen LogP contribution in [-0.4, -0.2) is 37.1 Å². The SMILES string of the molecule is CS(=O)(=O)N1C2CCC1CC(N)C2.Cl. The summed E-state index contributed by atoms with van der Waals surface area (Å²) < 4.78 is 24.6. The van der Waals surface area contributed by atoms with Crippen molar-refractivity contribution in [2.24, 2.45) is 5.73 Å². The van der Waals surface area contributed by atoms with E-state index in [4.69, 9.17) is 5.73 Å². The minimum Gasteiger partial charge on any atom is -0.328 e. The molecule has 2 atom stereocenters. The second kappa shape index (κ2) is 3.96. The first-order chi connectivity index (χ1) is 5.98. The molecule has 2 heterocycles. The molecule has 0 spiro atoms. The average molecular weight is 241 g/mol. The van der Waals surface area contributed by atoms with Crippen molar-refractivity contribution in [3.63, 3.8) is 0 Å². The molecule has 2 rings (SSSR count). The number of nitrogens with zero attached hydrogens (tertiary/aromatic N) is 1. The third-order valence-corrected chi connectivity index (χ3v) is 4.45. The molecule has 84 valence electrons. The molecule has 4 nitrogen and oxygen atoms in total. The monoisotopic (exact) mass is 240 g/mol. The highest BCUT2D eigenvalue weighted by molar-refractivity contribution is 7.88. The van der Waals surface area contributed by atoms with Gasteiger partial charge in [-0.15, -0.1) is 12.4 Å². The van der Waals surface area contributed by atoms with Crippen LogP contribution in [-0.2, 0) is 10.0 Å². The first-order valence-corrected chi connectivity index (χ1v) is 6.57. The van der Waals surface area contributed by atoms with Gasteiger partial charge < -0.3 is 5.73 Å². The lowest BCUT2D eigenvalue weighted by Gasteiger charge is -2.35. The molecule has 0 amide bonds. The Bertz CT molecular complexity index is 292. The summed E-state index contributed by atoms with van der Waals surface area (Å²) in [6.45, 7) is 0. The maximum atomic E-state index is 11.4. The molecular weight excluding hydrogens is 224 g/mol. The van der Waals surface area contributed by atoms with Crippen LogP contribution in [0.1, 0.15) is 25.7 Å². The van der Waals surface area contributed by atoms with Gasteiger partial charge in [-0.3, -0.25) is 0 Å². The average Bonchev–Trinajstić information content (AvgIpc) is 2.23. The van der Waals surface area contributed by atoms with Crippen LogP contribution in [0.4, 0.5) is 0 Å². The second-order valence-electron chi connectivity index (χ2n) is 4.21. The highest BCUT2D eigenvalue weighted by Crippen LogP contribution is 2.36. The van der Waals surface area contributed by atoms with Gasteiger partial charge in [-0.1, -0.05) is 0 Å². The molecule has 6 heteroatoms. The molecule has 14 heavy (non-hydrogen) atoms. The summed E-state index contributed by atoms with van der Waals surface area (Å²) in [7, 11) is -3.01. The number of nitrogens with two attached hydrogens (primary N) is 1. The van der Waals surface area contributed by atoms with Gasteiger partial charge in [0.25, 0.3) is 0 Å². The van der Waals surface area contributed by atoms with Gasteiger partial charge in [0.1, 0.15) is 0 Å². The summed E-state index contributed by atoms with van der Waals surface area (Å²) in [5.41, 5.74) is 5.84. The van der Waals surface area contributed by atoms with Gasteiger partial charge in [-0.25, -0.2) is 8.42 Å². The Balaban J connectivity index is 0.000000980. The molecule has 2 aliphatic rings. The molecular formula is C8H17ClN2O2S. The van der Waals surface area contributed by atoms with Crippen molar-refractivity contribution in [3.8, 4) is 0 Å². The van der Waals surface area contributed by atoms with Crippen LogP contribution in [0.2, 0.25) is 0 Å². The number of hydrogen-bond acceptors (Lipinski definition) is 3. The third kappa shape index (κ3) is 2.05. The summed E-state index contributed by atoms with van der Waals surface area (Å²) in [6.07, 6.45) is 4.96. The van der Waals surface area contributed by atoms with Crippen LogP contribution < -0.4 is 5.73 Å². The fourth-order valence-corrected chi connectivity index (χ4v) is 4.18. The maximum absolute atomic E-state index is 11.4. The Morgan fingerprint density at radius 3 is 2.00 bits per heavy atom. The summed E-state index contributed by atoms with van der Waals surface area (Å²) in [6, 6.07) is 0.572. The lowest BCUT2D eigenvalue weighted by molar-refractivity contribution is 0.228. The zero-order valence-corrected chi connectivity index (χ0v) is 9.85. The largest absolute Gasteiger partial charge is 0.328 e. The highest BCUT2D eigenvalue weighted by atomic mass is 35.5. The van der Waals surface area contributed by atoms with Crippen molar-refractivity contribution in [2.45, 2.75) is 43.8 Å². The van der Waals surface area contributed by atoms with Gasteiger partial charge in [0.05, 0.1) is 6.26 Å². The Morgan fingerprint density at radius 2 is 1.64 bits per heavy atom. The number of piperidine rings is 1.